The predicted octanol–water partition coefficient (Wildman–Crippen LogP) is 2.35. The minimum Gasteiger partial charge on any atom is -0.492 e. The second-order valence-electron chi connectivity index (χ2n) is 4.54. The lowest BCUT2D eigenvalue weighted by Gasteiger charge is -2.27. The summed E-state index contributed by atoms with van der Waals surface area (Å²) < 4.78 is 10.1. The van der Waals surface area contributed by atoms with E-state index in [1.165, 1.54) is 26.4 Å². The summed E-state index contributed by atoms with van der Waals surface area (Å²) >= 11 is 0. The van der Waals surface area contributed by atoms with Crippen LogP contribution in [0.4, 0.5) is 0 Å². The number of allylic oxidation sites excluding steroid dienone is 2. The molecule has 0 aliphatic heterocycles. The van der Waals surface area contributed by atoms with E-state index in [-0.39, 0.29) is 18.0 Å². The molecule has 1 atom stereocenters. The summed E-state index contributed by atoms with van der Waals surface area (Å²) in [6.45, 7) is 0. The first kappa shape index (κ1) is 14.9. The van der Waals surface area contributed by atoms with Gasteiger partial charge in [0.05, 0.1) is 18.5 Å². The van der Waals surface area contributed by atoms with Crippen molar-refractivity contribution in [2.75, 3.05) is 14.2 Å². The van der Waals surface area contributed by atoms with E-state index >= 15 is 0 Å². The molecular formula is C15H15NO5. The third-order valence-corrected chi connectivity index (χ3v) is 3.43. The van der Waals surface area contributed by atoms with Gasteiger partial charge in [0.2, 0.25) is 5.76 Å². The van der Waals surface area contributed by atoms with Crippen LogP contribution in [-0.2, 0) is 9.47 Å². The molecule has 2 rings (SSSR count). The first-order valence-corrected chi connectivity index (χ1v) is 6.30. The van der Waals surface area contributed by atoms with Crippen molar-refractivity contribution in [1.82, 2.24) is 0 Å². The van der Waals surface area contributed by atoms with Gasteiger partial charge in [0.25, 0.3) is 0 Å². The molecule has 1 unspecified atom stereocenters. The van der Waals surface area contributed by atoms with Gasteiger partial charge in [-0.1, -0.05) is 36.4 Å². The van der Waals surface area contributed by atoms with E-state index < -0.39 is 10.6 Å². The van der Waals surface area contributed by atoms with Gasteiger partial charge in [-0.05, 0) is 6.08 Å². The van der Waals surface area contributed by atoms with Gasteiger partial charge < -0.3 is 9.47 Å². The smallest absolute Gasteiger partial charge is 0.386 e. The number of rotatable bonds is 5. The van der Waals surface area contributed by atoms with E-state index in [0.29, 0.717) is 11.1 Å². The minimum atomic E-state index is -1.86. The second kappa shape index (κ2) is 5.88. The molecule has 0 heterocycles. The zero-order valence-electron chi connectivity index (χ0n) is 11.7. The lowest BCUT2D eigenvalue weighted by molar-refractivity contribution is -0.619. The Morgan fingerprint density at radius 1 is 1.24 bits per heavy atom. The molecule has 0 radical (unpaired) electrons. The number of hydrogen-bond acceptors (Lipinski definition) is 5. The van der Waals surface area contributed by atoms with E-state index in [9.17, 15) is 14.9 Å². The Hall–Kier alpha value is -2.47. The van der Waals surface area contributed by atoms with Crippen molar-refractivity contribution in [1.29, 1.82) is 0 Å². The molecule has 1 aliphatic rings. The molecule has 6 nitrogen and oxygen atoms in total. The van der Waals surface area contributed by atoms with Crippen LogP contribution in [0.5, 0.6) is 0 Å². The number of nitro groups is 1. The van der Waals surface area contributed by atoms with Crippen molar-refractivity contribution >= 4 is 5.78 Å². The largest absolute Gasteiger partial charge is 0.492 e. The maximum atomic E-state index is 12.4. The summed E-state index contributed by atoms with van der Waals surface area (Å²) in [5.74, 6) is -0.190. The van der Waals surface area contributed by atoms with Crippen molar-refractivity contribution in [2.24, 2.45) is 0 Å². The van der Waals surface area contributed by atoms with Crippen LogP contribution >= 0.6 is 0 Å². The van der Waals surface area contributed by atoms with Crippen molar-refractivity contribution in [3.63, 3.8) is 0 Å². The van der Waals surface area contributed by atoms with E-state index in [4.69, 9.17) is 9.47 Å². The van der Waals surface area contributed by atoms with Crippen molar-refractivity contribution < 1.29 is 19.2 Å². The lowest BCUT2D eigenvalue weighted by Crippen LogP contribution is -2.45. The van der Waals surface area contributed by atoms with E-state index in [1.807, 2.05) is 0 Å². The second-order valence-corrected chi connectivity index (χ2v) is 4.54. The average Bonchev–Trinajstić information content (AvgIpc) is 2.53. The lowest BCUT2D eigenvalue weighted by atomic mass is 9.90. The Labute approximate surface area is 121 Å². The molecule has 0 bridgehead atoms. The molecule has 0 saturated heterocycles. The fraction of sp³-hybridized carbons (Fsp3) is 0.267. The van der Waals surface area contributed by atoms with Gasteiger partial charge in [0.1, 0.15) is 0 Å². The summed E-state index contributed by atoms with van der Waals surface area (Å²) in [5, 5.41) is 11.4. The first-order chi connectivity index (χ1) is 10.0. The molecular weight excluding hydrogens is 274 g/mol. The van der Waals surface area contributed by atoms with Crippen LogP contribution in [0.15, 0.2) is 53.8 Å². The highest BCUT2D eigenvalue weighted by Crippen LogP contribution is 2.34. The Kier molecular flexibility index (Phi) is 4.18. The normalized spacial score (nSPS) is 21.2. The van der Waals surface area contributed by atoms with Crippen LogP contribution in [0.25, 0.3) is 0 Å². The number of carbonyl (C=O) groups excluding carboxylic acids is 1. The van der Waals surface area contributed by atoms with Crippen molar-refractivity contribution in [3.8, 4) is 0 Å². The maximum Gasteiger partial charge on any atom is 0.386 e. The molecule has 0 amide bonds. The van der Waals surface area contributed by atoms with Gasteiger partial charge in [0.15, 0.2) is 5.78 Å². The van der Waals surface area contributed by atoms with Gasteiger partial charge in [-0.3, -0.25) is 14.9 Å². The molecule has 110 valence electrons. The summed E-state index contributed by atoms with van der Waals surface area (Å²) in [6.07, 6.45) is 2.77. The molecule has 21 heavy (non-hydrogen) atoms. The number of Topliss-reactive ketones (excluding diaryl/α,β-unsaturated/α-hetero) is 1. The fourth-order valence-electron chi connectivity index (χ4n) is 2.27. The van der Waals surface area contributed by atoms with E-state index in [0.717, 1.165) is 0 Å². The van der Waals surface area contributed by atoms with Gasteiger partial charge in [-0.25, -0.2) is 0 Å². The van der Waals surface area contributed by atoms with Gasteiger partial charge in [-0.2, -0.15) is 0 Å². The summed E-state index contributed by atoms with van der Waals surface area (Å²) in [5.41, 5.74) is -1.07. The Morgan fingerprint density at radius 2 is 1.90 bits per heavy atom. The highest BCUT2D eigenvalue weighted by molar-refractivity contribution is 6.09. The number of ether oxygens (including phenoxy) is 2. The molecule has 0 N–H and O–H groups in total. The Morgan fingerprint density at radius 3 is 2.43 bits per heavy atom. The van der Waals surface area contributed by atoms with Crippen molar-refractivity contribution in [3.05, 3.63) is 69.5 Å². The standard InChI is InChI=1S/C15H15NO5/c1-20-13-9-8-12(10-15(13,21-2)16(18)19)14(17)11-6-4-3-5-7-11/h3-9H,10H2,1-2H3. The first-order valence-electron chi connectivity index (χ1n) is 6.30. The van der Waals surface area contributed by atoms with Gasteiger partial charge >= 0.3 is 5.72 Å². The third kappa shape index (κ3) is 2.57. The monoisotopic (exact) mass is 289 g/mol. The van der Waals surface area contributed by atoms with Crippen LogP contribution in [0.2, 0.25) is 0 Å². The maximum absolute atomic E-state index is 12.4. The van der Waals surface area contributed by atoms with Crippen LogP contribution in [-0.4, -0.2) is 30.7 Å². The predicted molar refractivity (Wildman–Crippen MR) is 75.3 cm³/mol. The molecule has 0 fully saturated rings. The Balaban J connectivity index is 2.40. The van der Waals surface area contributed by atoms with E-state index in [1.54, 1.807) is 30.3 Å². The van der Waals surface area contributed by atoms with Crippen LogP contribution in [0, 0.1) is 10.1 Å². The van der Waals surface area contributed by atoms with Gasteiger partial charge in [-0.15, -0.1) is 0 Å². The zero-order valence-corrected chi connectivity index (χ0v) is 11.7. The molecule has 0 spiro atoms. The fourth-order valence-corrected chi connectivity index (χ4v) is 2.27. The van der Waals surface area contributed by atoms with E-state index in [2.05, 4.69) is 0 Å². The quantitative estimate of drug-likeness (QED) is 0.360. The molecule has 1 aliphatic carbocycles. The number of carbonyl (C=O) groups is 1. The number of methoxy groups -OCH3 is 2. The summed E-state index contributed by atoms with van der Waals surface area (Å²) in [6, 6.07) is 8.61. The summed E-state index contributed by atoms with van der Waals surface area (Å²) in [7, 11) is 2.56. The van der Waals surface area contributed by atoms with Crippen LogP contribution in [0.3, 0.4) is 0 Å². The number of nitrogens with zero attached hydrogens (tertiary/aromatic N) is 1. The molecule has 1 aromatic rings. The summed E-state index contributed by atoms with van der Waals surface area (Å²) in [4.78, 5) is 23.2. The third-order valence-electron chi connectivity index (χ3n) is 3.43. The Bertz CT molecular complexity index is 620. The number of benzene rings is 1. The SMILES string of the molecule is COC1=CC=C(C(=O)c2ccccc2)CC1(OC)[N+](=O)[O-]. The number of ketones is 1. The number of hydrogen-bond donors (Lipinski definition) is 0. The highest BCUT2D eigenvalue weighted by Gasteiger charge is 2.52. The van der Waals surface area contributed by atoms with Crippen LogP contribution < -0.4 is 0 Å². The van der Waals surface area contributed by atoms with Crippen LogP contribution in [0.1, 0.15) is 16.8 Å². The molecule has 0 aromatic heterocycles. The van der Waals surface area contributed by atoms with Crippen molar-refractivity contribution in [2.45, 2.75) is 12.1 Å². The molecule has 6 heteroatoms. The zero-order chi connectivity index (χ0) is 15.5. The molecule has 1 aromatic carbocycles. The molecule has 0 saturated carbocycles. The minimum absolute atomic E-state index is 0.0691. The topological polar surface area (TPSA) is 78.7 Å². The average molecular weight is 289 g/mol. The highest BCUT2D eigenvalue weighted by atomic mass is 16.7. The van der Waals surface area contributed by atoms with Gasteiger partial charge in [0, 0.05) is 18.2 Å².